The fraction of sp³-hybridized carbons (Fsp3) is 0.273. The van der Waals surface area contributed by atoms with Crippen molar-refractivity contribution in [1.82, 2.24) is 10.6 Å². The van der Waals surface area contributed by atoms with Gasteiger partial charge in [-0.15, -0.1) is 6.42 Å². The van der Waals surface area contributed by atoms with Gasteiger partial charge in [-0.05, 0) is 13.0 Å². The monoisotopic (exact) mass is 220 g/mol. The van der Waals surface area contributed by atoms with Gasteiger partial charge in [0.2, 0.25) is 5.91 Å². The number of amides is 2. The minimum Gasteiger partial charge on any atom is -0.472 e. The second-order valence-electron chi connectivity index (χ2n) is 3.13. The average Bonchev–Trinajstić information content (AvgIpc) is 2.79. The first-order valence-corrected chi connectivity index (χ1v) is 4.69. The Kier molecular flexibility index (Phi) is 4.16. The van der Waals surface area contributed by atoms with Crippen molar-refractivity contribution in [2.75, 3.05) is 6.54 Å². The summed E-state index contributed by atoms with van der Waals surface area (Å²) in [5, 5.41) is 4.98. The van der Waals surface area contributed by atoms with E-state index in [1.54, 1.807) is 6.92 Å². The molecule has 0 radical (unpaired) electrons. The van der Waals surface area contributed by atoms with E-state index in [1.807, 2.05) is 0 Å². The normalized spacial score (nSPS) is 11.2. The molecule has 2 amide bonds. The van der Waals surface area contributed by atoms with Crippen molar-refractivity contribution in [3.63, 3.8) is 0 Å². The molecule has 1 aromatic heterocycles. The van der Waals surface area contributed by atoms with Crippen LogP contribution in [0, 0.1) is 12.3 Å². The quantitative estimate of drug-likeness (QED) is 0.709. The second kappa shape index (κ2) is 5.61. The number of furan rings is 1. The first-order chi connectivity index (χ1) is 7.65. The maximum atomic E-state index is 11.5. The van der Waals surface area contributed by atoms with E-state index >= 15 is 0 Å². The Hall–Kier alpha value is -2.22. The number of carbonyl (C=O) groups is 2. The molecule has 16 heavy (non-hydrogen) atoms. The second-order valence-corrected chi connectivity index (χ2v) is 3.13. The molecule has 0 aliphatic rings. The third-order valence-corrected chi connectivity index (χ3v) is 1.89. The van der Waals surface area contributed by atoms with Crippen molar-refractivity contribution < 1.29 is 14.0 Å². The lowest BCUT2D eigenvalue weighted by Gasteiger charge is -2.11. The summed E-state index contributed by atoms with van der Waals surface area (Å²) >= 11 is 0. The number of hydrogen-bond donors (Lipinski definition) is 2. The molecule has 0 aromatic carbocycles. The van der Waals surface area contributed by atoms with Gasteiger partial charge in [0.25, 0.3) is 5.91 Å². The minimum atomic E-state index is -0.643. The van der Waals surface area contributed by atoms with Gasteiger partial charge in [-0.2, -0.15) is 0 Å². The van der Waals surface area contributed by atoms with Crippen molar-refractivity contribution in [3.05, 3.63) is 24.2 Å². The van der Waals surface area contributed by atoms with Gasteiger partial charge < -0.3 is 15.1 Å². The van der Waals surface area contributed by atoms with E-state index in [9.17, 15) is 9.59 Å². The molecular weight excluding hydrogens is 208 g/mol. The van der Waals surface area contributed by atoms with Crippen molar-refractivity contribution in [2.45, 2.75) is 13.0 Å². The number of carbonyl (C=O) groups excluding carboxylic acids is 2. The first kappa shape index (κ1) is 11.9. The summed E-state index contributed by atoms with van der Waals surface area (Å²) in [5.74, 6) is 1.59. The van der Waals surface area contributed by atoms with E-state index < -0.39 is 6.04 Å². The zero-order valence-corrected chi connectivity index (χ0v) is 8.82. The highest BCUT2D eigenvalue weighted by Gasteiger charge is 2.16. The van der Waals surface area contributed by atoms with Gasteiger partial charge in [0.1, 0.15) is 12.3 Å². The van der Waals surface area contributed by atoms with Crippen molar-refractivity contribution in [3.8, 4) is 12.3 Å². The Morgan fingerprint density at radius 1 is 1.62 bits per heavy atom. The van der Waals surface area contributed by atoms with E-state index in [0.717, 1.165) is 0 Å². The van der Waals surface area contributed by atoms with Gasteiger partial charge in [0.15, 0.2) is 0 Å². The molecule has 1 unspecified atom stereocenters. The predicted molar refractivity (Wildman–Crippen MR) is 57.5 cm³/mol. The van der Waals surface area contributed by atoms with E-state index in [-0.39, 0.29) is 18.4 Å². The first-order valence-electron chi connectivity index (χ1n) is 4.69. The van der Waals surface area contributed by atoms with Crippen LogP contribution in [0.4, 0.5) is 0 Å². The summed E-state index contributed by atoms with van der Waals surface area (Å²) < 4.78 is 4.75. The molecule has 0 saturated heterocycles. The van der Waals surface area contributed by atoms with Gasteiger partial charge in [-0.1, -0.05) is 5.92 Å². The third kappa shape index (κ3) is 3.17. The summed E-state index contributed by atoms with van der Waals surface area (Å²) in [4.78, 5) is 22.9. The van der Waals surface area contributed by atoms with Crippen LogP contribution in [0.15, 0.2) is 23.0 Å². The standard InChI is InChI=1S/C11H12N2O3/c1-3-5-12-10(14)8(2)13-11(15)9-4-6-16-7-9/h1,4,6-8H,5H2,2H3,(H,12,14)(H,13,15). The van der Waals surface area contributed by atoms with Crippen LogP contribution in [0.2, 0.25) is 0 Å². The molecule has 0 aliphatic carbocycles. The lowest BCUT2D eigenvalue weighted by atomic mass is 10.2. The molecule has 0 aliphatic heterocycles. The highest BCUT2D eigenvalue weighted by Crippen LogP contribution is 1.99. The Morgan fingerprint density at radius 3 is 2.94 bits per heavy atom. The lowest BCUT2D eigenvalue weighted by molar-refractivity contribution is -0.122. The number of nitrogens with one attached hydrogen (secondary N) is 2. The highest BCUT2D eigenvalue weighted by atomic mass is 16.3. The topological polar surface area (TPSA) is 71.3 Å². The van der Waals surface area contributed by atoms with Crippen LogP contribution in [0.1, 0.15) is 17.3 Å². The van der Waals surface area contributed by atoms with Crippen LogP contribution in [0.5, 0.6) is 0 Å². The van der Waals surface area contributed by atoms with Crippen LogP contribution >= 0.6 is 0 Å². The predicted octanol–water partition coefficient (Wildman–Crippen LogP) is 0.147. The molecule has 1 atom stereocenters. The highest BCUT2D eigenvalue weighted by molar-refractivity contribution is 5.97. The van der Waals surface area contributed by atoms with E-state index in [0.29, 0.717) is 5.56 Å². The van der Waals surface area contributed by atoms with Crippen LogP contribution < -0.4 is 10.6 Å². The summed E-state index contributed by atoms with van der Waals surface area (Å²) in [6.45, 7) is 1.72. The number of rotatable bonds is 4. The van der Waals surface area contributed by atoms with Crippen molar-refractivity contribution in [2.24, 2.45) is 0 Å². The number of terminal acetylenes is 1. The van der Waals surface area contributed by atoms with Crippen molar-refractivity contribution >= 4 is 11.8 Å². The van der Waals surface area contributed by atoms with E-state index in [4.69, 9.17) is 10.8 Å². The maximum absolute atomic E-state index is 11.5. The molecule has 5 nitrogen and oxygen atoms in total. The van der Waals surface area contributed by atoms with Gasteiger partial charge in [-0.25, -0.2) is 0 Å². The SMILES string of the molecule is C#CCNC(=O)C(C)NC(=O)c1ccoc1. The molecule has 1 aromatic rings. The molecule has 0 fully saturated rings. The summed E-state index contributed by atoms with van der Waals surface area (Å²) in [6, 6.07) is 0.872. The van der Waals surface area contributed by atoms with Gasteiger partial charge in [0, 0.05) is 0 Å². The van der Waals surface area contributed by atoms with Gasteiger partial charge in [-0.3, -0.25) is 9.59 Å². The minimum absolute atomic E-state index is 0.144. The fourth-order valence-electron chi connectivity index (χ4n) is 1.03. The molecular formula is C11H12N2O3. The van der Waals surface area contributed by atoms with Gasteiger partial charge in [0.05, 0.1) is 18.4 Å². The molecule has 1 heterocycles. The Morgan fingerprint density at radius 2 is 2.38 bits per heavy atom. The van der Waals surface area contributed by atoms with E-state index in [2.05, 4.69) is 16.6 Å². The maximum Gasteiger partial charge on any atom is 0.255 e. The van der Waals surface area contributed by atoms with Gasteiger partial charge >= 0.3 is 0 Å². The summed E-state index contributed by atoms with van der Waals surface area (Å²) in [6.07, 6.45) is 7.68. The Bertz CT molecular complexity index is 403. The third-order valence-electron chi connectivity index (χ3n) is 1.89. The smallest absolute Gasteiger partial charge is 0.255 e. The molecule has 0 bridgehead atoms. The molecule has 0 saturated carbocycles. The zero-order chi connectivity index (χ0) is 12.0. The number of hydrogen-bond acceptors (Lipinski definition) is 3. The average molecular weight is 220 g/mol. The van der Waals surface area contributed by atoms with Crippen LogP contribution in [-0.2, 0) is 4.79 Å². The largest absolute Gasteiger partial charge is 0.472 e. The fourth-order valence-corrected chi connectivity index (χ4v) is 1.03. The van der Waals surface area contributed by atoms with Crippen LogP contribution in [0.25, 0.3) is 0 Å². The Balaban J connectivity index is 2.46. The molecule has 1 rings (SSSR count). The van der Waals surface area contributed by atoms with E-state index in [1.165, 1.54) is 18.6 Å². The molecule has 5 heteroatoms. The Labute approximate surface area is 93.2 Å². The lowest BCUT2D eigenvalue weighted by Crippen LogP contribution is -2.44. The van der Waals surface area contributed by atoms with Crippen LogP contribution in [0.3, 0.4) is 0 Å². The van der Waals surface area contributed by atoms with Crippen molar-refractivity contribution in [1.29, 1.82) is 0 Å². The molecule has 0 spiro atoms. The molecule has 84 valence electrons. The van der Waals surface area contributed by atoms with Crippen LogP contribution in [-0.4, -0.2) is 24.4 Å². The summed E-state index contributed by atoms with van der Waals surface area (Å²) in [7, 11) is 0. The zero-order valence-electron chi connectivity index (χ0n) is 8.82. The molecule has 2 N–H and O–H groups in total. The summed E-state index contributed by atoms with van der Waals surface area (Å²) in [5.41, 5.74) is 0.372.